The van der Waals surface area contributed by atoms with Gasteiger partial charge in [0.1, 0.15) is 11.9 Å². The third kappa shape index (κ3) is 3.83. The molecule has 1 fully saturated rings. The van der Waals surface area contributed by atoms with Gasteiger partial charge in [0.15, 0.2) is 11.5 Å². The molecule has 3 heterocycles. The Morgan fingerprint density at radius 1 is 1.21 bits per heavy atom. The van der Waals surface area contributed by atoms with Crippen molar-refractivity contribution in [2.24, 2.45) is 0 Å². The van der Waals surface area contributed by atoms with Crippen LogP contribution in [0, 0.1) is 12.7 Å². The first kappa shape index (κ1) is 22.4. The number of nitrogens with zero attached hydrogens (tertiary/aromatic N) is 4. The maximum Gasteiger partial charge on any atom is 0.417 e. The molecule has 9 nitrogen and oxygen atoms in total. The predicted octanol–water partition coefficient (Wildman–Crippen LogP) is 1.59. The number of alkyl halides is 3. The number of piperazine rings is 1. The van der Waals surface area contributed by atoms with Gasteiger partial charge in [-0.2, -0.15) is 13.2 Å². The van der Waals surface area contributed by atoms with Gasteiger partial charge in [0.05, 0.1) is 23.4 Å². The second-order valence-electron chi connectivity index (χ2n) is 7.59. The Balaban J connectivity index is 1.63. The Morgan fingerprint density at radius 2 is 1.94 bits per heavy atom. The standard InChI is InChI=1S/C20H18F4N6O3/c1-9-14-16(28-27-15(9)18(32)25-2)30-6-5-29(8-13(30)17(31)26-14)19(33)11-7-10(21)3-4-12(11)20(22,23)24/h3-4,7,13H,5-6,8H2,1-2H3,(H,25,32)(H,26,31). The van der Waals surface area contributed by atoms with Gasteiger partial charge in [0.25, 0.3) is 11.8 Å². The van der Waals surface area contributed by atoms with E-state index in [1.54, 1.807) is 11.8 Å². The average Bonchev–Trinajstić information content (AvgIpc) is 2.78. The highest BCUT2D eigenvalue weighted by atomic mass is 19.4. The van der Waals surface area contributed by atoms with E-state index in [1.165, 1.54) is 7.05 Å². The monoisotopic (exact) mass is 466 g/mol. The molecule has 13 heteroatoms. The van der Waals surface area contributed by atoms with E-state index in [9.17, 15) is 31.9 Å². The molecule has 1 aromatic heterocycles. The second-order valence-corrected chi connectivity index (χ2v) is 7.59. The van der Waals surface area contributed by atoms with Crippen molar-refractivity contribution in [3.8, 4) is 0 Å². The van der Waals surface area contributed by atoms with Gasteiger partial charge in [-0.1, -0.05) is 0 Å². The minimum atomic E-state index is -4.85. The van der Waals surface area contributed by atoms with E-state index in [1.807, 2.05) is 0 Å². The predicted molar refractivity (Wildman–Crippen MR) is 107 cm³/mol. The quantitative estimate of drug-likeness (QED) is 0.651. The Morgan fingerprint density at radius 3 is 2.61 bits per heavy atom. The SMILES string of the molecule is CNC(=O)c1nnc2c(c1C)NC(=O)C1CN(C(=O)c3cc(F)ccc3C(F)(F)F)CCN21. The fourth-order valence-electron chi connectivity index (χ4n) is 3.96. The van der Waals surface area contributed by atoms with Crippen LogP contribution in [0.2, 0.25) is 0 Å². The molecule has 1 unspecified atom stereocenters. The van der Waals surface area contributed by atoms with Crippen LogP contribution in [-0.2, 0) is 11.0 Å². The molecule has 174 valence electrons. The van der Waals surface area contributed by atoms with Gasteiger partial charge in [-0.25, -0.2) is 4.39 Å². The number of fused-ring (bicyclic) bond motifs is 3. The number of halogens is 4. The van der Waals surface area contributed by atoms with Gasteiger partial charge in [-0.3, -0.25) is 14.4 Å². The van der Waals surface area contributed by atoms with Crippen LogP contribution in [0.3, 0.4) is 0 Å². The third-order valence-corrected chi connectivity index (χ3v) is 5.65. The minimum absolute atomic E-state index is 0.0339. The molecule has 3 amide bonds. The number of nitrogens with one attached hydrogen (secondary N) is 2. The van der Waals surface area contributed by atoms with Crippen LogP contribution in [-0.4, -0.2) is 65.5 Å². The summed E-state index contributed by atoms with van der Waals surface area (Å²) in [5.41, 5.74) is -1.33. The van der Waals surface area contributed by atoms with Gasteiger partial charge >= 0.3 is 6.18 Å². The van der Waals surface area contributed by atoms with Gasteiger partial charge < -0.3 is 20.4 Å². The van der Waals surface area contributed by atoms with E-state index in [-0.39, 0.29) is 25.3 Å². The molecule has 0 radical (unpaired) electrons. The summed E-state index contributed by atoms with van der Waals surface area (Å²) >= 11 is 0. The van der Waals surface area contributed by atoms with E-state index in [2.05, 4.69) is 20.8 Å². The molecule has 2 N–H and O–H groups in total. The number of carbonyl (C=O) groups is 3. The number of benzene rings is 1. The van der Waals surface area contributed by atoms with Crippen molar-refractivity contribution in [2.45, 2.75) is 19.1 Å². The molecular weight excluding hydrogens is 448 g/mol. The summed E-state index contributed by atoms with van der Waals surface area (Å²) in [6.45, 7) is 1.39. The Kier molecular flexibility index (Phi) is 5.42. The van der Waals surface area contributed by atoms with Gasteiger partial charge in [0.2, 0.25) is 5.91 Å². The zero-order valence-electron chi connectivity index (χ0n) is 17.5. The molecule has 2 aromatic rings. The number of rotatable bonds is 2. The lowest BCUT2D eigenvalue weighted by Crippen LogP contribution is -2.61. The summed E-state index contributed by atoms with van der Waals surface area (Å²) in [5, 5.41) is 13.1. The molecule has 1 saturated heterocycles. The number of hydrogen-bond acceptors (Lipinski definition) is 6. The molecule has 4 rings (SSSR count). The highest BCUT2D eigenvalue weighted by Gasteiger charge is 2.43. The molecule has 2 aliphatic heterocycles. The summed E-state index contributed by atoms with van der Waals surface area (Å²) in [7, 11) is 1.43. The normalized spacial score (nSPS) is 17.8. The highest BCUT2D eigenvalue weighted by molar-refractivity contribution is 6.06. The van der Waals surface area contributed by atoms with Crippen molar-refractivity contribution in [2.75, 3.05) is 36.9 Å². The van der Waals surface area contributed by atoms with Crippen LogP contribution < -0.4 is 15.5 Å². The molecule has 0 bridgehead atoms. The first-order valence-electron chi connectivity index (χ1n) is 9.85. The molecule has 1 aromatic carbocycles. The maximum atomic E-state index is 13.7. The summed E-state index contributed by atoms with van der Waals surface area (Å²) in [6, 6.07) is 0.753. The van der Waals surface area contributed by atoms with Crippen LogP contribution in [0.25, 0.3) is 0 Å². The van der Waals surface area contributed by atoms with Crippen LogP contribution in [0.15, 0.2) is 18.2 Å². The smallest absolute Gasteiger partial charge is 0.354 e. The molecule has 0 spiro atoms. The molecule has 33 heavy (non-hydrogen) atoms. The van der Waals surface area contributed by atoms with E-state index in [0.717, 1.165) is 4.90 Å². The Labute approximate surface area is 184 Å². The lowest BCUT2D eigenvalue weighted by molar-refractivity contribution is -0.138. The summed E-state index contributed by atoms with van der Waals surface area (Å²) in [6.07, 6.45) is -4.85. The Hall–Kier alpha value is -3.77. The lowest BCUT2D eigenvalue weighted by Gasteiger charge is -2.44. The van der Waals surface area contributed by atoms with Gasteiger partial charge in [0, 0.05) is 25.7 Å². The van der Waals surface area contributed by atoms with Gasteiger partial charge in [-0.15, -0.1) is 10.2 Å². The molecule has 1 atom stereocenters. The van der Waals surface area contributed by atoms with Crippen LogP contribution in [0.5, 0.6) is 0 Å². The molecule has 0 saturated carbocycles. The zero-order valence-corrected chi connectivity index (χ0v) is 17.5. The molecule has 0 aliphatic carbocycles. The topological polar surface area (TPSA) is 108 Å². The third-order valence-electron chi connectivity index (χ3n) is 5.65. The maximum absolute atomic E-state index is 13.7. The first-order valence-corrected chi connectivity index (χ1v) is 9.85. The van der Waals surface area contributed by atoms with Crippen molar-refractivity contribution in [3.63, 3.8) is 0 Å². The van der Waals surface area contributed by atoms with Crippen molar-refractivity contribution in [1.29, 1.82) is 0 Å². The first-order chi connectivity index (χ1) is 15.5. The molecular formula is C20H18F4N6O3. The summed E-state index contributed by atoms with van der Waals surface area (Å²) in [4.78, 5) is 40.3. The van der Waals surface area contributed by atoms with Crippen LogP contribution >= 0.6 is 0 Å². The van der Waals surface area contributed by atoms with Crippen LogP contribution in [0.1, 0.15) is 32.0 Å². The average molecular weight is 466 g/mol. The minimum Gasteiger partial charge on any atom is -0.354 e. The Bertz CT molecular complexity index is 1170. The second kappa shape index (κ2) is 7.98. The van der Waals surface area contributed by atoms with Crippen molar-refractivity contribution >= 4 is 29.2 Å². The zero-order chi connectivity index (χ0) is 24.1. The number of hydrogen-bond donors (Lipinski definition) is 2. The fourth-order valence-corrected chi connectivity index (χ4v) is 3.96. The van der Waals surface area contributed by atoms with Crippen molar-refractivity contribution in [1.82, 2.24) is 20.4 Å². The number of aromatic nitrogens is 2. The van der Waals surface area contributed by atoms with Crippen LogP contribution in [0.4, 0.5) is 29.1 Å². The number of carbonyl (C=O) groups excluding carboxylic acids is 3. The number of anilines is 2. The van der Waals surface area contributed by atoms with E-state index in [0.29, 0.717) is 35.3 Å². The van der Waals surface area contributed by atoms with Gasteiger partial charge in [-0.05, 0) is 25.1 Å². The highest BCUT2D eigenvalue weighted by Crippen LogP contribution is 2.36. The summed E-state index contributed by atoms with van der Waals surface area (Å²) in [5.74, 6) is -2.72. The van der Waals surface area contributed by atoms with Crippen molar-refractivity contribution in [3.05, 3.63) is 46.4 Å². The van der Waals surface area contributed by atoms with Crippen molar-refractivity contribution < 1.29 is 31.9 Å². The summed E-state index contributed by atoms with van der Waals surface area (Å²) < 4.78 is 53.7. The lowest BCUT2D eigenvalue weighted by atomic mass is 10.0. The largest absolute Gasteiger partial charge is 0.417 e. The van der Waals surface area contributed by atoms with E-state index < -0.39 is 46.9 Å². The molecule has 2 aliphatic rings. The van der Waals surface area contributed by atoms with E-state index in [4.69, 9.17) is 0 Å². The fraction of sp³-hybridized carbons (Fsp3) is 0.350. The number of amides is 3. The van der Waals surface area contributed by atoms with E-state index >= 15 is 0 Å².